The van der Waals surface area contributed by atoms with E-state index in [1.807, 2.05) is 0 Å². The minimum Gasteiger partial charge on any atom is -0.371 e. The van der Waals surface area contributed by atoms with Gasteiger partial charge >= 0.3 is 6.18 Å². The van der Waals surface area contributed by atoms with Crippen molar-refractivity contribution in [1.82, 2.24) is 15.3 Å². The normalized spacial score (nSPS) is 18.4. The van der Waals surface area contributed by atoms with Gasteiger partial charge in [-0.1, -0.05) is 6.07 Å². The first-order valence-corrected chi connectivity index (χ1v) is 7.21. The van der Waals surface area contributed by atoms with Crippen molar-refractivity contribution in [3.8, 4) is 0 Å². The Kier molecular flexibility index (Phi) is 4.63. The van der Waals surface area contributed by atoms with Gasteiger partial charge in [-0.15, -0.1) is 0 Å². The Morgan fingerprint density at radius 3 is 2.54 bits per heavy atom. The molecular formula is C15H14F4N4O. The van der Waals surface area contributed by atoms with E-state index in [1.54, 1.807) is 12.1 Å². The summed E-state index contributed by atoms with van der Waals surface area (Å²) in [4.78, 5) is 7.17. The van der Waals surface area contributed by atoms with Crippen LogP contribution in [0.4, 0.5) is 29.2 Å². The number of hydrogen-bond acceptors (Lipinski definition) is 5. The second kappa shape index (κ2) is 6.70. The number of alkyl halides is 3. The lowest BCUT2D eigenvalue weighted by molar-refractivity contribution is -0.138. The molecule has 1 aromatic heterocycles. The second-order valence-electron chi connectivity index (χ2n) is 5.22. The predicted molar refractivity (Wildman–Crippen MR) is 78.3 cm³/mol. The van der Waals surface area contributed by atoms with Gasteiger partial charge in [-0.3, -0.25) is 0 Å². The molecule has 0 bridgehead atoms. The fraction of sp³-hybridized carbons (Fsp3) is 0.333. The lowest BCUT2D eigenvalue weighted by Crippen LogP contribution is -2.33. The summed E-state index contributed by atoms with van der Waals surface area (Å²) in [5.41, 5.74) is -0.197. The van der Waals surface area contributed by atoms with Crippen LogP contribution in [0.1, 0.15) is 17.2 Å². The van der Waals surface area contributed by atoms with E-state index in [4.69, 9.17) is 4.74 Å². The summed E-state index contributed by atoms with van der Waals surface area (Å²) >= 11 is 0. The highest BCUT2D eigenvalue weighted by molar-refractivity contribution is 5.54. The molecule has 5 nitrogen and oxygen atoms in total. The lowest BCUT2D eigenvalue weighted by Gasteiger charge is -2.24. The van der Waals surface area contributed by atoms with Crippen LogP contribution in [0.5, 0.6) is 0 Å². The zero-order valence-corrected chi connectivity index (χ0v) is 12.4. The summed E-state index contributed by atoms with van der Waals surface area (Å²) in [5.74, 6) is -0.522. The van der Waals surface area contributed by atoms with E-state index in [9.17, 15) is 17.6 Å². The first-order chi connectivity index (χ1) is 11.4. The Labute approximate surface area is 135 Å². The number of aromatic nitrogens is 2. The smallest absolute Gasteiger partial charge is 0.371 e. The Morgan fingerprint density at radius 1 is 1.21 bits per heavy atom. The van der Waals surface area contributed by atoms with Crippen LogP contribution in [0, 0.1) is 5.82 Å². The number of anilines is 2. The number of morpholine rings is 1. The van der Waals surface area contributed by atoms with Gasteiger partial charge in [0.1, 0.15) is 5.82 Å². The number of nitrogens with one attached hydrogen (secondary N) is 2. The van der Waals surface area contributed by atoms with E-state index in [0.717, 1.165) is 6.54 Å². The van der Waals surface area contributed by atoms with Gasteiger partial charge in [-0.25, -0.2) is 14.4 Å². The Balaban J connectivity index is 1.72. The summed E-state index contributed by atoms with van der Waals surface area (Å²) in [7, 11) is 0. The molecule has 1 fully saturated rings. The summed E-state index contributed by atoms with van der Waals surface area (Å²) < 4.78 is 57.1. The molecule has 1 aromatic carbocycles. The Hall–Kier alpha value is -2.26. The SMILES string of the molecule is Fc1cc(Nc2ncc(C(F)(F)F)cn2)ccc1C1CNCCO1. The van der Waals surface area contributed by atoms with E-state index in [-0.39, 0.29) is 12.1 Å². The molecule has 24 heavy (non-hydrogen) atoms. The molecule has 0 aliphatic carbocycles. The maximum atomic E-state index is 14.2. The van der Waals surface area contributed by atoms with Crippen molar-refractivity contribution in [3.63, 3.8) is 0 Å². The van der Waals surface area contributed by atoms with Crippen molar-refractivity contribution in [1.29, 1.82) is 0 Å². The molecule has 0 saturated carbocycles. The molecule has 9 heteroatoms. The van der Waals surface area contributed by atoms with Gasteiger partial charge in [-0.05, 0) is 12.1 Å². The molecule has 0 amide bonds. The van der Waals surface area contributed by atoms with E-state index in [2.05, 4.69) is 20.6 Å². The summed E-state index contributed by atoms with van der Waals surface area (Å²) in [6.45, 7) is 1.75. The third-order valence-corrected chi connectivity index (χ3v) is 3.51. The van der Waals surface area contributed by atoms with Crippen LogP contribution in [-0.4, -0.2) is 29.7 Å². The molecule has 2 heterocycles. The van der Waals surface area contributed by atoms with Crippen molar-refractivity contribution < 1.29 is 22.3 Å². The van der Waals surface area contributed by atoms with Crippen molar-refractivity contribution in [2.45, 2.75) is 12.3 Å². The minimum atomic E-state index is -4.50. The highest BCUT2D eigenvalue weighted by Gasteiger charge is 2.31. The molecule has 2 aromatic rings. The van der Waals surface area contributed by atoms with Gasteiger partial charge in [0, 0.05) is 36.7 Å². The molecule has 1 atom stereocenters. The van der Waals surface area contributed by atoms with Gasteiger partial charge in [0.05, 0.1) is 18.3 Å². The molecule has 3 rings (SSSR count). The highest BCUT2D eigenvalue weighted by atomic mass is 19.4. The molecule has 1 unspecified atom stereocenters. The van der Waals surface area contributed by atoms with Crippen LogP contribution in [0.3, 0.4) is 0 Å². The summed E-state index contributed by atoms with van der Waals surface area (Å²) in [5, 5.41) is 5.78. The average molecular weight is 342 g/mol. The van der Waals surface area contributed by atoms with Gasteiger partial charge in [0.25, 0.3) is 0 Å². The maximum absolute atomic E-state index is 14.2. The number of ether oxygens (including phenoxy) is 1. The largest absolute Gasteiger partial charge is 0.419 e. The molecule has 128 valence electrons. The number of rotatable bonds is 3. The maximum Gasteiger partial charge on any atom is 0.419 e. The lowest BCUT2D eigenvalue weighted by atomic mass is 10.1. The topological polar surface area (TPSA) is 59.1 Å². The number of halogens is 4. The number of hydrogen-bond donors (Lipinski definition) is 2. The molecule has 0 radical (unpaired) electrons. The van der Waals surface area contributed by atoms with Gasteiger partial charge < -0.3 is 15.4 Å². The van der Waals surface area contributed by atoms with Crippen LogP contribution in [-0.2, 0) is 10.9 Å². The summed E-state index contributed by atoms with van der Waals surface area (Å²) in [6.07, 6.45) is -3.53. The first kappa shape index (κ1) is 16.6. The molecule has 1 saturated heterocycles. The molecule has 0 spiro atoms. The van der Waals surface area contributed by atoms with Gasteiger partial charge in [0.15, 0.2) is 0 Å². The Bertz CT molecular complexity index is 700. The van der Waals surface area contributed by atoms with Crippen molar-refractivity contribution in [2.75, 3.05) is 25.0 Å². The molecule has 1 aliphatic rings. The second-order valence-corrected chi connectivity index (χ2v) is 5.22. The van der Waals surface area contributed by atoms with Crippen LogP contribution >= 0.6 is 0 Å². The first-order valence-electron chi connectivity index (χ1n) is 7.21. The monoisotopic (exact) mass is 342 g/mol. The molecule has 2 N–H and O–H groups in total. The highest BCUT2D eigenvalue weighted by Crippen LogP contribution is 2.29. The number of benzene rings is 1. The average Bonchev–Trinajstić information content (AvgIpc) is 2.55. The quantitative estimate of drug-likeness (QED) is 0.840. The van der Waals surface area contributed by atoms with E-state index >= 15 is 0 Å². The van der Waals surface area contributed by atoms with Crippen molar-refractivity contribution in [3.05, 3.63) is 47.5 Å². The minimum absolute atomic E-state index is 0.0502. The van der Waals surface area contributed by atoms with Crippen LogP contribution < -0.4 is 10.6 Å². The predicted octanol–water partition coefficient (Wildman–Crippen LogP) is 3.04. The third kappa shape index (κ3) is 3.80. The van der Waals surface area contributed by atoms with Crippen molar-refractivity contribution >= 4 is 11.6 Å². The van der Waals surface area contributed by atoms with Crippen LogP contribution in [0.2, 0.25) is 0 Å². The molecule has 1 aliphatic heterocycles. The van der Waals surface area contributed by atoms with E-state index < -0.39 is 17.6 Å². The van der Waals surface area contributed by atoms with Crippen LogP contribution in [0.25, 0.3) is 0 Å². The fourth-order valence-corrected chi connectivity index (χ4v) is 2.30. The van der Waals surface area contributed by atoms with Gasteiger partial charge in [0.2, 0.25) is 5.95 Å². The fourth-order valence-electron chi connectivity index (χ4n) is 2.30. The number of nitrogens with zero attached hydrogens (tertiary/aromatic N) is 2. The van der Waals surface area contributed by atoms with Gasteiger partial charge in [-0.2, -0.15) is 13.2 Å². The van der Waals surface area contributed by atoms with Crippen LogP contribution in [0.15, 0.2) is 30.6 Å². The Morgan fingerprint density at radius 2 is 1.96 bits per heavy atom. The van der Waals surface area contributed by atoms with E-state index in [1.165, 1.54) is 6.07 Å². The zero-order chi connectivity index (χ0) is 17.2. The van der Waals surface area contributed by atoms with Crippen molar-refractivity contribution in [2.24, 2.45) is 0 Å². The standard InChI is InChI=1S/C15H14F4N4O/c16-12-5-10(1-2-11(12)13-8-20-3-4-24-13)23-14-21-6-9(7-22-14)15(17,18)19/h1-2,5-7,13,20H,3-4,8H2,(H,21,22,23). The molecular weight excluding hydrogens is 328 g/mol. The summed E-state index contributed by atoms with van der Waals surface area (Å²) in [6, 6.07) is 4.39. The third-order valence-electron chi connectivity index (χ3n) is 3.51. The zero-order valence-electron chi connectivity index (χ0n) is 12.4. The van der Waals surface area contributed by atoms with E-state index in [0.29, 0.717) is 36.8 Å².